The van der Waals surface area contributed by atoms with Crippen LogP contribution in [0.1, 0.15) is 30.4 Å². The zero-order valence-electron chi connectivity index (χ0n) is 10.5. The van der Waals surface area contributed by atoms with Crippen LogP contribution < -0.4 is 5.32 Å². The van der Waals surface area contributed by atoms with E-state index in [1.54, 1.807) is 0 Å². The fourth-order valence-electron chi connectivity index (χ4n) is 2.12. The Balaban J connectivity index is 1.75. The van der Waals surface area contributed by atoms with Crippen molar-refractivity contribution >= 4 is 5.91 Å². The van der Waals surface area contributed by atoms with Crippen LogP contribution >= 0.6 is 0 Å². The highest BCUT2D eigenvalue weighted by Crippen LogP contribution is 2.17. The number of benzene rings is 1. The molecule has 1 aromatic carbocycles. The number of hydrogen-bond donors (Lipinski definition) is 2. The molecule has 1 amide bonds. The number of carbonyl (C=O) groups excluding carboxylic acids is 1. The Morgan fingerprint density at radius 1 is 1.22 bits per heavy atom. The molecule has 0 saturated carbocycles. The van der Waals surface area contributed by atoms with Crippen LogP contribution in [0.2, 0.25) is 0 Å². The number of allylic oxidation sites excluding steroid dienone is 1. The molecule has 0 unspecified atom stereocenters. The van der Waals surface area contributed by atoms with Gasteiger partial charge in [-0.25, -0.2) is 0 Å². The van der Waals surface area contributed by atoms with Gasteiger partial charge in [-0.2, -0.15) is 0 Å². The van der Waals surface area contributed by atoms with Crippen molar-refractivity contribution in [2.75, 3.05) is 6.54 Å². The lowest BCUT2D eigenvalue weighted by Gasteiger charge is -2.06. The van der Waals surface area contributed by atoms with Gasteiger partial charge in [0.2, 0.25) is 5.91 Å². The van der Waals surface area contributed by atoms with Gasteiger partial charge in [-0.1, -0.05) is 30.3 Å². The monoisotopic (exact) mass is 245 g/mol. The third-order valence-electron chi connectivity index (χ3n) is 3.24. The number of nitrogens with one attached hydrogen (secondary N) is 1. The average molecular weight is 245 g/mol. The molecule has 0 aromatic heterocycles. The topological polar surface area (TPSA) is 49.3 Å². The third-order valence-corrected chi connectivity index (χ3v) is 3.24. The quantitative estimate of drug-likeness (QED) is 0.833. The van der Waals surface area contributed by atoms with E-state index in [-0.39, 0.29) is 12.5 Å². The zero-order valence-corrected chi connectivity index (χ0v) is 10.5. The molecule has 0 aliphatic heterocycles. The van der Waals surface area contributed by atoms with Gasteiger partial charge in [-0.15, -0.1) is 0 Å². The molecule has 0 saturated heterocycles. The molecule has 96 valence electrons. The maximum Gasteiger partial charge on any atom is 0.246 e. The van der Waals surface area contributed by atoms with E-state index in [4.69, 9.17) is 5.11 Å². The maximum atomic E-state index is 11.7. The summed E-state index contributed by atoms with van der Waals surface area (Å²) in [6.45, 7) is 0.736. The van der Waals surface area contributed by atoms with Crippen LogP contribution in [0, 0.1) is 0 Å². The summed E-state index contributed by atoms with van der Waals surface area (Å²) in [5, 5.41) is 11.9. The molecule has 3 nitrogen and oxygen atoms in total. The molecule has 0 radical (unpaired) electrons. The van der Waals surface area contributed by atoms with E-state index in [1.165, 1.54) is 5.56 Å². The lowest BCUT2D eigenvalue weighted by atomic mass is 10.1. The average Bonchev–Trinajstić information content (AvgIpc) is 2.93. The minimum absolute atomic E-state index is 0.0746. The minimum atomic E-state index is 0.0746. The summed E-state index contributed by atoms with van der Waals surface area (Å²) in [7, 11) is 0. The van der Waals surface area contributed by atoms with Gasteiger partial charge in [0.25, 0.3) is 0 Å². The molecule has 3 heteroatoms. The van der Waals surface area contributed by atoms with Crippen molar-refractivity contribution in [1.29, 1.82) is 0 Å². The molecule has 0 heterocycles. The Hall–Kier alpha value is -1.61. The number of hydrogen-bond acceptors (Lipinski definition) is 2. The molecule has 1 aliphatic rings. The van der Waals surface area contributed by atoms with Gasteiger partial charge in [-0.3, -0.25) is 4.79 Å². The first-order chi connectivity index (χ1) is 8.79. The Morgan fingerprint density at radius 2 is 1.94 bits per heavy atom. The molecular weight excluding hydrogens is 226 g/mol. The number of aliphatic hydroxyl groups is 1. The van der Waals surface area contributed by atoms with Crippen LogP contribution in [0.5, 0.6) is 0 Å². The predicted octanol–water partition coefficient (Wildman–Crippen LogP) is 1.95. The molecule has 1 aromatic rings. The lowest BCUT2D eigenvalue weighted by molar-refractivity contribution is -0.117. The first-order valence-corrected chi connectivity index (χ1v) is 6.45. The summed E-state index contributed by atoms with van der Waals surface area (Å²) >= 11 is 0. The number of aliphatic hydroxyl groups excluding tert-OH is 1. The van der Waals surface area contributed by atoms with Crippen molar-refractivity contribution < 1.29 is 9.90 Å². The van der Waals surface area contributed by atoms with E-state index in [0.717, 1.165) is 36.8 Å². The van der Waals surface area contributed by atoms with Crippen molar-refractivity contribution in [3.8, 4) is 0 Å². The minimum Gasteiger partial charge on any atom is -0.392 e. The lowest BCUT2D eigenvalue weighted by Crippen LogP contribution is -2.26. The van der Waals surface area contributed by atoms with Crippen molar-refractivity contribution in [2.24, 2.45) is 0 Å². The Morgan fingerprint density at radius 3 is 2.56 bits per heavy atom. The highest BCUT2D eigenvalue weighted by molar-refractivity contribution is 5.93. The second kappa shape index (κ2) is 6.36. The van der Waals surface area contributed by atoms with E-state index < -0.39 is 0 Å². The van der Waals surface area contributed by atoms with Crippen LogP contribution in [0.25, 0.3) is 0 Å². The molecule has 0 atom stereocenters. The van der Waals surface area contributed by atoms with Gasteiger partial charge in [0.1, 0.15) is 0 Å². The highest BCUT2D eigenvalue weighted by atomic mass is 16.3. The van der Waals surface area contributed by atoms with Crippen molar-refractivity contribution in [2.45, 2.75) is 32.3 Å². The number of rotatable bonds is 5. The van der Waals surface area contributed by atoms with Gasteiger partial charge in [0.05, 0.1) is 6.61 Å². The standard InChI is InChI=1S/C15H19NO2/c17-11-13-7-5-12(6-8-13)9-10-16-15(18)14-3-1-2-4-14/h3,5-8,17H,1-2,4,9-11H2,(H,16,18). The van der Waals surface area contributed by atoms with E-state index in [0.29, 0.717) is 6.54 Å². The summed E-state index contributed by atoms with van der Waals surface area (Å²) in [6, 6.07) is 7.81. The second-order valence-corrected chi connectivity index (χ2v) is 4.60. The fourth-order valence-corrected chi connectivity index (χ4v) is 2.12. The Bertz CT molecular complexity index is 434. The van der Waals surface area contributed by atoms with Gasteiger partial charge in [0, 0.05) is 12.1 Å². The zero-order chi connectivity index (χ0) is 12.8. The van der Waals surface area contributed by atoms with Crippen LogP contribution in [0.3, 0.4) is 0 Å². The van der Waals surface area contributed by atoms with Crippen LogP contribution in [0.4, 0.5) is 0 Å². The SMILES string of the molecule is O=C(NCCc1ccc(CO)cc1)C1=CCCC1. The van der Waals surface area contributed by atoms with Gasteiger partial charge < -0.3 is 10.4 Å². The fraction of sp³-hybridized carbons (Fsp3) is 0.400. The molecule has 2 N–H and O–H groups in total. The molecule has 18 heavy (non-hydrogen) atoms. The Kier molecular flexibility index (Phi) is 4.53. The first-order valence-electron chi connectivity index (χ1n) is 6.45. The molecule has 0 spiro atoms. The number of amides is 1. The molecule has 0 bridgehead atoms. The summed E-state index contributed by atoms with van der Waals surface area (Å²) in [6.07, 6.45) is 5.91. The molecule has 2 rings (SSSR count). The normalized spacial score (nSPS) is 14.4. The van der Waals surface area contributed by atoms with Crippen LogP contribution in [0.15, 0.2) is 35.9 Å². The van der Waals surface area contributed by atoms with E-state index in [2.05, 4.69) is 5.32 Å². The smallest absolute Gasteiger partial charge is 0.246 e. The summed E-state index contributed by atoms with van der Waals surface area (Å²) < 4.78 is 0. The summed E-state index contributed by atoms with van der Waals surface area (Å²) in [4.78, 5) is 11.7. The third kappa shape index (κ3) is 3.44. The van der Waals surface area contributed by atoms with Crippen LogP contribution in [-0.4, -0.2) is 17.6 Å². The summed E-state index contributed by atoms with van der Waals surface area (Å²) in [5.41, 5.74) is 3.03. The van der Waals surface area contributed by atoms with Crippen LogP contribution in [-0.2, 0) is 17.8 Å². The van der Waals surface area contributed by atoms with Gasteiger partial charge in [-0.05, 0) is 36.8 Å². The van der Waals surface area contributed by atoms with Crippen molar-refractivity contribution in [3.63, 3.8) is 0 Å². The maximum absolute atomic E-state index is 11.7. The van der Waals surface area contributed by atoms with Gasteiger partial charge in [0.15, 0.2) is 0 Å². The molecule has 1 aliphatic carbocycles. The predicted molar refractivity (Wildman–Crippen MR) is 71.0 cm³/mol. The highest BCUT2D eigenvalue weighted by Gasteiger charge is 2.12. The van der Waals surface area contributed by atoms with E-state index in [1.807, 2.05) is 30.3 Å². The largest absolute Gasteiger partial charge is 0.392 e. The first kappa shape index (κ1) is 12.8. The van der Waals surface area contributed by atoms with Crippen molar-refractivity contribution in [3.05, 3.63) is 47.0 Å². The molecular formula is C15H19NO2. The van der Waals surface area contributed by atoms with E-state index >= 15 is 0 Å². The summed E-state index contributed by atoms with van der Waals surface area (Å²) in [5.74, 6) is 0.0829. The van der Waals surface area contributed by atoms with Gasteiger partial charge >= 0.3 is 0 Å². The van der Waals surface area contributed by atoms with E-state index in [9.17, 15) is 4.79 Å². The van der Waals surface area contributed by atoms with Crippen molar-refractivity contribution in [1.82, 2.24) is 5.32 Å². The molecule has 0 fully saturated rings. The second-order valence-electron chi connectivity index (χ2n) is 4.60. The Labute approximate surface area is 108 Å². The number of carbonyl (C=O) groups is 1.